The van der Waals surface area contributed by atoms with Crippen molar-refractivity contribution in [3.05, 3.63) is 59.9 Å². The van der Waals surface area contributed by atoms with E-state index in [0.29, 0.717) is 10.7 Å². The fourth-order valence-corrected chi connectivity index (χ4v) is 3.15. The summed E-state index contributed by atoms with van der Waals surface area (Å²) in [5.74, 6) is -0.00344. The molecule has 0 unspecified atom stereocenters. The van der Waals surface area contributed by atoms with Crippen molar-refractivity contribution in [2.75, 3.05) is 0 Å². The normalized spacial score (nSPS) is 12.0. The van der Waals surface area contributed by atoms with Gasteiger partial charge in [-0.3, -0.25) is 4.40 Å². The molecule has 8 heteroatoms. The monoisotopic (exact) mass is 346 g/mol. The van der Waals surface area contributed by atoms with Crippen LogP contribution >= 0.6 is 11.3 Å². The third kappa shape index (κ3) is 2.54. The van der Waals surface area contributed by atoms with Crippen LogP contribution in [0.2, 0.25) is 0 Å². The van der Waals surface area contributed by atoms with Crippen molar-refractivity contribution in [3.63, 3.8) is 0 Å². The number of alkyl halides is 3. The minimum atomic E-state index is -4.49. The smallest absolute Gasteiger partial charge is 0.281 e. The van der Waals surface area contributed by atoms with Gasteiger partial charge in [-0.1, -0.05) is 30.3 Å². The van der Waals surface area contributed by atoms with Gasteiger partial charge in [-0.05, 0) is 6.07 Å². The molecule has 0 spiro atoms. The summed E-state index contributed by atoms with van der Waals surface area (Å²) in [7, 11) is 0. The summed E-state index contributed by atoms with van der Waals surface area (Å²) in [6.45, 7) is 0. The van der Waals surface area contributed by atoms with Crippen molar-refractivity contribution < 1.29 is 13.2 Å². The van der Waals surface area contributed by atoms with Crippen LogP contribution in [0.1, 0.15) is 5.69 Å². The Morgan fingerprint density at radius 2 is 1.79 bits per heavy atom. The summed E-state index contributed by atoms with van der Waals surface area (Å²) in [5, 5.41) is 2.57. The summed E-state index contributed by atoms with van der Waals surface area (Å²) >= 11 is 1.40. The molecule has 24 heavy (non-hydrogen) atoms. The number of hydrogen-bond acceptors (Lipinski definition) is 4. The van der Waals surface area contributed by atoms with Crippen molar-refractivity contribution in [2.24, 2.45) is 0 Å². The van der Waals surface area contributed by atoms with E-state index in [2.05, 4.69) is 15.0 Å². The zero-order valence-corrected chi connectivity index (χ0v) is 12.8. The number of fused-ring (bicyclic) bond motifs is 1. The summed E-state index contributed by atoms with van der Waals surface area (Å²) in [4.78, 5) is 12.1. The first-order chi connectivity index (χ1) is 11.5. The van der Waals surface area contributed by atoms with Crippen LogP contribution in [0.25, 0.3) is 27.7 Å². The predicted octanol–water partition coefficient (Wildman–Crippen LogP) is 4.54. The molecule has 4 nitrogen and oxygen atoms in total. The van der Waals surface area contributed by atoms with Crippen molar-refractivity contribution in [3.8, 4) is 22.0 Å². The molecule has 0 fully saturated rings. The van der Waals surface area contributed by atoms with Crippen LogP contribution in [0.15, 0.2) is 54.2 Å². The molecule has 0 aliphatic heterocycles. The Hall–Kier alpha value is -2.74. The molecule has 120 valence electrons. The predicted molar refractivity (Wildman–Crippen MR) is 84.5 cm³/mol. The Morgan fingerprint density at radius 3 is 2.54 bits per heavy atom. The summed E-state index contributed by atoms with van der Waals surface area (Å²) in [6, 6.07) is 10.6. The van der Waals surface area contributed by atoms with Crippen molar-refractivity contribution in [1.82, 2.24) is 19.4 Å². The number of rotatable bonds is 2. The van der Waals surface area contributed by atoms with E-state index in [1.807, 2.05) is 35.7 Å². The fourth-order valence-electron chi connectivity index (χ4n) is 2.32. The van der Waals surface area contributed by atoms with E-state index < -0.39 is 11.9 Å². The number of nitrogens with zero attached hydrogens (tertiary/aromatic N) is 4. The lowest BCUT2D eigenvalue weighted by Crippen LogP contribution is -2.09. The molecule has 0 bridgehead atoms. The van der Waals surface area contributed by atoms with Crippen LogP contribution in [0.4, 0.5) is 13.2 Å². The Labute approximate surface area is 138 Å². The van der Waals surface area contributed by atoms with Gasteiger partial charge in [0.25, 0.3) is 0 Å². The molecule has 0 saturated carbocycles. The maximum atomic E-state index is 12.7. The summed E-state index contributed by atoms with van der Waals surface area (Å²) < 4.78 is 39.7. The lowest BCUT2D eigenvalue weighted by atomic mass is 10.2. The van der Waals surface area contributed by atoms with E-state index in [1.54, 1.807) is 0 Å². The second-order valence-corrected chi connectivity index (χ2v) is 5.89. The number of benzene rings is 1. The average Bonchev–Trinajstić information content (AvgIpc) is 3.21. The Morgan fingerprint density at radius 1 is 1.00 bits per heavy atom. The Balaban J connectivity index is 1.76. The quantitative estimate of drug-likeness (QED) is 0.535. The topological polar surface area (TPSA) is 43.1 Å². The van der Waals surface area contributed by atoms with Gasteiger partial charge >= 0.3 is 6.18 Å². The molecule has 3 aromatic heterocycles. The van der Waals surface area contributed by atoms with E-state index in [9.17, 15) is 13.2 Å². The summed E-state index contributed by atoms with van der Waals surface area (Å²) in [6.07, 6.45) is -1.69. The van der Waals surface area contributed by atoms with Gasteiger partial charge in [0.05, 0.1) is 11.9 Å². The SMILES string of the molecule is FC(F)(F)c1ccn2c(-c3nc(-c4ccccc4)cs3)cnc2n1. The van der Waals surface area contributed by atoms with Gasteiger partial charge in [-0.15, -0.1) is 11.3 Å². The van der Waals surface area contributed by atoms with E-state index in [1.165, 1.54) is 28.1 Å². The number of thiazole rings is 1. The van der Waals surface area contributed by atoms with Gasteiger partial charge in [0.1, 0.15) is 16.4 Å². The Bertz CT molecular complexity index is 1010. The highest BCUT2D eigenvalue weighted by Gasteiger charge is 2.33. The van der Waals surface area contributed by atoms with Crippen LogP contribution in [0, 0.1) is 0 Å². The molecule has 4 rings (SSSR count). The highest BCUT2D eigenvalue weighted by molar-refractivity contribution is 7.13. The van der Waals surface area contributed by atoms with Crippen molar-refractivity contribution >= 4 is 17.1 Å². The molecule has 0 aliphatic carbocycles. The third-order valence-electron chi connectivity index (χ3n) is 3.46. The van der Waals surface area contributed by atoms with Gasteiger partial charge < -0.3 is 0 Å². The van der Waals surface area contributed by atoms with Gasteiger partial charge in [0.2, 0.25) is 5.78 Å². The van der Waals surface area contributed by atoms with Crippen molar-refractivity contribution in [1.29, 1.82) is 0 Å². The molecule has 0 N–H and O–H groups in total. The van der Waals surface area contributed by atoms with E-state index >= 15 is 0 Å². The second kappa shape index (κ2) is 5.41. The zero-order chi connectivity index (χ0) is 16.7. The first-order valence-corrected chi connectivity index (χ1v) is 7.83. The first kappa shape index (κ1) is 14.8. The maximum absolute atomic E-state index is 12.7. The first-order valence-electron chi connectivity index (χ1n) is 6.95. The maximum Gasteiger partial charge on any atom is 0.433 e. The third-order valence-corrected chi connectivity index (χ3v) is 4.33. The zero-order valence-electron chi connectivity index (χ0n) is 12.0. The van der Waals surface area contributed by atoms with Crippen molar-refractivity contribution in [2.45, 2.75) is 6.18 Å². The molecule has 0 amide bonds. The molecule has 0 radical (unpaired) electrons. The number of halogens is 3. The lowest BCUT2D eigenvalue weighted by molar-refractivity contribution is -0.141. The fraction of sp³-hybridized carbons (Fsp3) is 0.0625. The molecule has 0 aliphatic rings. The highest BCUT2D eigenvalue weighted by Crippen LogP contribution is 2.31. The van der Waals surface area contributed by atoms with Crippen LogP contribution in [0.5, 0.6) is 0 Å². The van der Waals surface area contributed by atoms with E-state index in [0.717, 1.165) is 17.3 Å². The van der Waals surface area contributed by atoms with Crippen LogP contribution in [-0.4, -0.2) is 19.4 Å². The Kier molecular flexibility index (Phi) is 3.34. The van der Waals surface area contributed by atoms with Crippen LogP contribution in [-0.2, 0) is 6.18 Å². The van der Waals surface area contributed by atoms with E-state index in [-0.39, 0.29) is 5.78 Å². The highest BCUT2D eigenvalue weighted by atomic mass is 32.1. The molecule has 0 atom stereocenters. The number of hydrogen-bond donors (Lipinski definition) is 0. The van der Waals surface area contributed by atoms with Gasteiger partial charge in [0, 0.05) is 17.1 Å². The molecular formula is C16H9F3N4S. The molecule has 4 aromatic rings. The van der Waals surface area contributed by atoms with E-state index in [4.69, 9.17) is 0 Å². The minimum Gasteiger partial charge on any atom is -0.281 e. The molecular weight excluding hydrogens is 337 g/mol. The van der Waals surface area contributed by atoms with Crippen LogP contribution in [0.3, 0.4) is 0 Å². The molecule has 1 aromatic carbocycles. The average molecular weight is 346 g/mol. The van der Waals surface area contributed by atoms with Gasteiger partial charge in [-0.2, -0.15) is 13.2 Å². The molecule has 0 saturated heterocycles. The largest absolute Gasteiger partial charge is 0.433 e. The number of imidazole rings is 1. The minimum absolute atomic E-state index is 0.00344. The lowest BCUT2D eigenvalue weighted by Gasteiger charge is -2.05. The van der Waals surface area contributed by atoms with Gasteiger partial charge in [-0.25, -0.2) is 15.0 Å². The van der Waals surface area contributed by atoms with Gasteiger partial charge in [0.15, 0.2) is 0 Å². The summed E-state index contributed by atoms with van der Waals surface area (Å²) in [5.41, 5.74) is 1.44. The second-order valence-electron chi connectivity index (χ2n) is 5.03. The molecule has 3 heterocycles. The number of aromatic nitrogens is 4. The van der Waals surface area contributed by atoms with Crippen LogP contribution < -0.4 is 0 Å². The standard InChI is InChI=1S/C16H9F3N4S/c17-16(18,19)13-6-7-23-12(8-20-15(23)22-13)14-21-11(9-24-14)10-4-2-1-3-5-10/h1-9H.